The van der Waals surface area contributed by atoms with E-state index in [4.69, 9.17) is 0 Å². The molecule has 3 nitrogen and oxygen atoms in total. The molecule has 86 valence electrons. The van der Waals surface area contributed by atoms with Gasteiger partial charge in [0.1, 0.15) is 0 Å². The van der Waals surface area contributed by atoms with E-state index in [2.05, 4.69) is 63.3 Å². The van der Waals surface area contributed by atoms with Crippen LogP contribution in [0, 0.1) is 0 Å². The number of rotatable bonds is 1. The van der Waals surface area contributed by atoms with Crippen LogP contribution in [0.5, 0.6) is 0 Å². The van der Waals surface area contributed by atoms with Crippen molar-refractivity contribution >= 4 is 21.8 Å². The Morgan fingerprint density at radius 1 is 0.833 bits per heavy atom. The van der Waals surface area contributed by atoms with Gasteiger partial charge >= 0.3 is 0 Å². The van der Waals surface area contributed by atoms with E-state index in [1.165, 1.54) is 21.8 Å². The second-order valence-corrected chi connectivity index (χ2v) is 4.33. The lowest BCUT2D eigenvalue weighted by molar-refractivity contribution is 1.09. The predicted octanol–water partition coefficient (Wildman–Crippen LogP) is 3.51. The molecule has 0 unspecified atom stereocenters. The number of para-hydroxylation sites is 2. The van der Waals surface area contributed by atoms with Gasteiger partial charge in [-0.3, -0.25) is 5.10 Å². The Bertz CT molecular complexity index is 772. The first kappa shape index (κ1) is 9.48. The summed E-state index contributed by atoms with van der Waals surface area (Å²) in [5, 5.41) is 9.47. The summed E-state index contributed by atoms with van der Waals surface area (Å²) < 4.78 is 2.23. The van der Waals surface area contributed by atoms with Crippen LogP contribution in [0.2, 0.25) is 0 Å². The standard InChI is InChI=1S/C15H11N3/c1-3-7-14-12(5-1)13-6-2-4-8-15(13)18(14)11-9-16-17-10-11/h1-10H,(H,16,17). The molecule has 0 aliphatic carbocycles. The third-order valence-corrected chi connectivity index (χ3v) is 3.32. The lowest BCUT2D eigenvalue weighted by Crippen LogP contribution is -1.90. The van der Waals surface area contributed by atoms with E-state index in [0.29, 0.717) is 0 Å². The first-order chi connectivity index (χ1) is 8.95. The zero-order valence-corrected chi connectivity index (χ0v) is 9.67. The number of hydrogen-bond acceptors (Lipinski definition) is 1. The van der Waals surface area contributed by atoms with Gasteiger partial charge in [0.05, 0.1) is 22.9 Å². The van der Waals surface area contributed by atoms with Gasteiger partial charge in [0.25, 0.3) is 0 Å². The number of hydrogen-bond donors (Lipinski definition) is 1. The molecule has 3 heteroatoms. The molecule has 0 atom stereocenters. The number of fused-ring (bicyclic) bond motifs is 3. The summed E-state index contributed by atoms with van der Waals surface area (Å²) in [5.74, 6) is 0. The highest BCUT2D eigenvalue weighted by Gasteiger charge is 2.10. The first-order valence-electron chi connectivity index (χ1n) is 5.92. The molecule has 2 aromatic heterocycles. The highest BCUT2D eigenvalue weighted by atomic mass is 15.1. The second kappa shape index (κ2) is 3.47. The molecule has 0 fully saturated rings. The van der Waals surface area contributed by atoms with Crippen molar-refractivity contribution < 1.29 is 0 Å². The molecule has 2 aromatic carbocycles. The minimum absolute atomic E-state index is 1.06. The fraction of sp³-hybridized carbons (Fsp3) is 0. The van der Waals surface area contributed by atoms with Crippen LogP contribution in [0.15, 0.2) is 60.9 Å². The fourth-order valence-corrected chi connectivity index (χ4v) is 2.57. The van der Waals surface area contributed by atoms with Gasteiger partial charge in [0.2, 0.25) is 0 Å². The molecule has 0 saturated carbocycles. The zero-order valence-electron chi connectivity index (χ0n) is 9.67. The highest BCUT2D eigenvalue weighted by Crippen LogP contribution is 2.30. The lowest BCUT2D eigenvalue weighted by Gasteiger charge is -2.02. The van der Waals surface area contributed by atoms with Crippen molar-refractivity contribution in [1.29, 1.82) is 0 Å². The quantitative estimate of drug-likeness (QED) is 0.536. The molecule has 0 radical (unpaired) electrons. The summed E-state index contributed by atoms with van der Waals surface area (Å²) in [6.07, 6.45) is 3.76. The van der Waals surface area contributed by atoms with E-state index >= 15 is 0 Å². The van der Waals surface area contributed by atoms with Crippen LogP contribution in [0.1, 0.15) is 0 Å². The number of aromatic amines is 1. The van der Waals surface area contributed by atoms with Crippen LogP contribution >= 0.6 is 0 Å². The maximum atomic E-state index is 4.05. The van der Waals surface area contributed by atoms with Crippen LogP contribution in [0.3, 0.4) is 0 Å². The van der Waals surface area contributed by atoms with E-state index < -0.39 is 0 Å². The SMILES string of the molecule is c1ccc2c(c1)c1ccccc1n2-c1cn[nH]c1. The molecule has 0 bridgehead atoms. The van der Waals surface area contributed by atoms with Crippen LogP contribution in [-0.4, -0.2) is 14.8 Å². The van der Waals surface area contributed by atoms with E-state index in [1.54, 1.807) is 0 Å². The molecule has 0 aliphatic heterocycles. The van der Waals surface area contributed by atoms with E-state index in [-0.39, 0.29) is 0 Å². The van der Waals surface area contributed by atoms with Crippen molar-refractivity contribution in [3.8, 4) is 5.69 Å². The average molecular weight is 233 g/mol. The maximum Gasteiger partial charge on any atom is 0.0840 e. The fourth-order valence-electron chi connectivity index (χ4n) is 2.57. The van der Waals surface area contributed by atoms with E-state index in [0.717, 1.165) is 5.69 Å². The van der Waals surface area contributed by atoms with Crippen LogP contribution in [-0.2, 0) is 0 Å². The minimum atomic E-state index is 1.06. The summed E-state index contributed by atoms with van der Waals surface area (Å²) in [4.78, 5) is 0. The molecule has 0 aliphatic rings. The Balaban J connectivity index is 2.28. The van der Waals surface area contributed by atoms with Crippen molar-refractivity contribution in [3.63, 3.8) is 0 Å². The molecule has 0 saturated heterocycles. The number of nitrogens with one attached hydrogen (secondary N) is 1. The van der Waals surface area contributed by atoms with Crippen molar-refractivity contribution in [1.82, 2.24) is 14.8 Å². The van der Waals surface area contributed by atoms with E-state index in [9.17, 15) is 0 Å². The molecule has 1 N–H and O–H groups in total. The summed E-state index contributed by atoms with van der Waals surface area (Å²) in [5.41, 5.74) is 3.48. The highest BCUT2D eigenvalue weighted by molar-refractivity contribution is 6.09. The normalized spacial score (nSPS) is 11.3. The Kier molecular flexibility index (Phi) is 1.83. The van der Waals surface area contributed by atoms with Crippen molar-refractivity contribution in [2.75, 3.05) is 0 Å². The third-order valence-electron chi connectivity index (χ3n) is 3.32. The number of H-pyrrole nitrogens is 1. The zero-order chi connectivity index (χ0) is 11.9. The summed E-state index contributed by atoms with van der Waals surface area (Å²) in [6, 6.07) is 16.9. The summed E-state index contributed by atoms with van der Waals surface area (Å²) in [6.45, 7) is 0. The number of benzene rings is 2. The Labute approximate surface area is 104 Å². The van der Waals surface area contributed by atoms with Crippen LogP contribution in [0.25, 0.3) is 27.5 Å². The molecule has 0 amide bonds. The van der Waals surface area contributed by atoms with Gasteiger partial charge in [0, 0.05) is 17.0 Å². The van der Waals surface area contributed by atoms with Crippen molar-refractivity contribution in [2.45, 2.75) is 0 Å². The van der Waals surface area contributed by atoms with Gasteiger partial charge < -0.3 is 4.57 Å². The Morgan fingerprint density at radius 2 is 1.44 bits per heavy atom. The molecule has 2 heterocycles. The lowest BCUT2D eigenvalue weighted by atomic mass is 10.2. The Morgan fingerprint density at radius 3 is 2.00 bits per heavy atom. The average Bonchev–Trinajstić information content (AvgIpc) is 3.03. The van der Waals surface area contributed by atoms with Gasteiger partial charge in [-0.05, 0) is 12.1 Å². The molecule has 4 aromatic rings. The monoisotopic (exact) mass is 233 g/mol. The minimum Gasteiger partial charge on any atom is -0.306 e. The smallest absolute Gasteiger partial charge is 0.0840 e. The number of aromatic nitrogens is 3. The van der Waals surface area contributed by atoms with Gasteiger partial charge in [-0.2, -0.15) is 5.10 Å². The first-order valence-corrected chi connectivity index (χ1v) is 5.92. The largest absolute Gasteiger partial charge is 0.306 e. The van der Waals surface area contributed by atoms with Gasteiger partial charge in [0.15, 0.2) is 0 Å². The molecule has 18 heavy (non-hydrogen) atoms. The van der Waals surface area contributed by atoms with Crippen LogP contribution in [0.4, 0.5) is 0 Å². The third kappa shape index (κ3) is 1.16. The van der Waals surface area contributed by atoms with Gasteiger partial charge in [-0.15, -0.1) is 0 Å². The topological polar surface area (TPSA) is 33.6 Å². The molecule has 0 spiro atoms. The summed E-state index contributed by atoms with van der Waals surface area (Å²) >= 11 is 0. The number of nitrogens with zero attached hydrogens (tertiary/aromatic N) is 2. The molecular weight excluding hydrogens is 222 g/mol. The Hall–Kier alpha value is -2.55. The second-order valence-electron chi connectivity index (χ2n) is 4.33. The van der Waals surface area contributed by atoms with E-state index in [1.807, 2.05) is 12.4 Å². The molecule has 4 rings (SSSR count). The maximum absolute atomic E-state index is 4.05. The molecular formula is C15H11N3. The summed E-state index contributed by atoms with van der Waals surface area (Å²) in [7, 11) is 0. The van der Waals surface area contributed by atoms with Gasteiger partial charge in [-0.25, -0.2) is 0 Å². The van der Waals surface area contributed by atoms with Gasteiger partial charge in [-0.1, -0.05) is 36.4 Å². The van der Waals surface area contributed by atoms with Crippen molar-refractivity contribution in [3.05, 3.63) is 60.9 Å². The van der Waals surface area contributed by atoms with Crippen molar-refractivity contribution in [2.24, 2.45) is 0 Å². The van der Waals surface area contributed by atoms with Crippen LogP contribution < -0.4 is 0 Å². The predicted molar refractivity (Wildman–Crippen MR) is 72.9 cm³/mol.